The molecule has 0 spiro atoms. The van der Waals surface area contributed by atoms with Gasteiger partial charge >= 0.3 is 0 Å². The Morgan fingerprint density at radius 1 is 1.15 bits per heavy atom. The smallest absolute Gasteiger partial charge is 0.246 e. The van der Waals surface area contributed by atoms with Gasteiger partial charge in [-0.15, -0.1) is 0 Å². The average Bonchev–Trinajstić information content (AvgIpc) is 3.32. The van der Waals surface area contributed by atoms with Gasteiger partial charge in [0.15, 0.2) is 0 Å². The Balaban J connectivity index is 2.01. The van der Waals surface area contributed by atoms with E-state index in [1.165, 1.54) is 12.8 Å². The minimum atomic E-state index is -0.641. The van der Waals surface area contributed by atoms with Crippen LogP contribution in [0.2, 0.25) is 0 Å². The molecule has 0 aliphatic carbocycles. The molecule has 3 atom stereocenters. The average molecular weight is 478 g/mol. The van der Waals surface area contributed by atoms with Gasteiger partial charge < -0.3 is 26.2 Å². The van der Waals surface area contributed by atoms with Crippen molar-refractivity contribution in [3.63, 3.8) is 0 Å². The Bertz CT molecular complexity index is 675. The molecule has 8 nitrogen and oxygen atoms in total. The third-order valence-corrected chi connectivity index (χ3v) is 7.00. The summed E-state index contributed by atoms with van der Waals surface area (Å²) in [4.78, 5) is 40.9. The summed E-state index contributed by atoms with van der Waals surface area (Å²) in [6.45, 7) is 11.8. The van der Waals surface area contributed by atoms with Crippen LogP contribution in [-0.4, -0.2) is 73.5 Å². The normalized spacial score (nSPS) is 21.1. The molecule has 0 saturated carbocycles. The first kappa shape index (κ1) is 28.3. The molecule has 4 N–H and O–H groups in total. The van der Waals surface area contributed by atoms with Gasteiger partial charge in [0.1, 0.15) is 12.1 Å². The Kier molecular flexibility index (Phi) is 12.6. The molecule has 0 aromatic carbocycles. The van der Waals surface area contributed by atoms with Crippen LogP contribution in [-0.2, 0) is 14.4 Å². The number of nitrogens with zero attached hydrogens (tertiary/aromatic N) is 1. The van der Waals surface area contributed by atoms with Gasteiger partial charge in [0.25, 0.3) is 0 Å². The standard InChI is InChI=1S/C26H47N5O3/c1-5-7-8-10-21(29-17-14-20-12-15-27-16-13-20)24(32)30-23(19(3)4)26(34)31-18-9-11-22(31)25(33)28-6-2/h5,7,19-23,27,29H,6,8-18H2,1-4H3,(H,28,33)(H,30,32)/b7-5+/t21-,22-,23-/m0/s1. The van der Waals surface area contributed by atoms with Crippen molar-refractivity contribution >= 4 is 17.7 Å². The maximum absolute atomic E-state index is 13.4. The zero-order valence-corrected chi connectivity index (χ0v) is 21.7. The van der Waals surface area contributed by atoms with Crippen molar-refractivity contribution in [1.29, 1.82) is 0 Å². The molecule has 34 heavy (non-hydrogen) atoms. The van der Waals surface area contributed by atoms with Crippen molar-refractivity contribution in [2.24, 2.45) is 11.8 Å². The van der Waals surface area contributed by atoms with E-state index >= 15 is 0 Å². The lowest BCUT2D eigenvalue weighted by molar-refractivity contribution is -0.142. The summed E-state index contributed by atoms with van der Waals surface area (Å²) < 4.78 is 0. The molecule has 0 aromatic heterocycles. The number of piperidine rings is 1. The lowest BCUT2D eigenvalue weighted by Gasteiger charge is -2.31. The number of likely N-dealkylation sites (N-methyl/N-ethyl adjacent to an activating group) is 1. The summed E-state index contributed by atoms with van der Waals surface area (Å²) in [6, 6.07) is -1.43. The number of hydrogen-bond donors (Lipinski definition) is 4. The molecule has 194 valence electrons. The number of allylic oxidation sites excluding steroid dienone is 2. The summed E-state index contributed by atoms with van der Waals surface area (Å²) in [6.07, 6.45) is 10.5. The van der Waals surface area contributed by atoms with E-state index in [2.05, 4.69) is 27.3 Å². The van der Waals surface area contributed by atoms with E-state index in [9.17, 15) is 14.4 Å². The molecule has 0 bridgehead atoms. The Morgan fingerprint density at radius 3 is 2.53 bits per heavy atom. The van der Waals surface area contributed by atoms with Crippen LogP contribution in [0.4, 0.5) is 0 Å². The van der Waals surface area contributed by atoms with Gasteiger partial charge in [-0.2, -0.15) is 0 Å². The van der Waals surface area contributed by atoms with Crippen LogP contribution in [0.15, 0.2) is 12.2 Å². The molecule has 2 aliphatic rings. The molecular weight excluding hydrogens is 430 g/mol. The number of rotatable bonds is 13. The molecule has 0 unspecified atom stereocenters. The second kappa shape index (κ2) is 15.1. The highest BCUT2D eigenvalue weighted by Crippen LogP contribution is 2.21. The summed E-state index contributed by atoms with van der Waals surface area (Å²) >= 11 is 0. The number of amides is 3. The van der Waals surface area contributed by atoms with Gasteiger partial charge in [0.05, 0.1) is 6.04 Å². The highest BCUT2D eigenvalue weighted by Gasteiger charge is 2.39. The summed E-state index contributed by atoms with van der Waals surface area (Å²) in [5.74, 6) is 0.234. The molecule has 2 saturated heterocycles. The second-order valence-electron chi connectivity index (χ2n) is 9.95. The van der Waals surface area contributed by atoms with Gasteiger partial charge in [-0.25, -0.2) is 0 Å². The topological polar surface area (TPSA) is 103 Å². The fourth-order valence-corrected chi connectivity index (χ4v) is 4.93. The van der Waals surface area contributed by atoms with Crippen LogP contribution in [0.25, 0.3) is 0 Å². The lowest BCUT2D eigenvalue weighted by atomic mass is 9.94. The van der Waals surface area contributed by atoms with E-state index in [4.69, 9.17) is 0 Å². The predicted octanol–water partition coefficient (Wildman–Crippen LogP) is 1.96. The van der Waals surface area contributed by atoms with E-state index in [1.807, 2.05) is 33.8 Å². The SMILES string of the molecule is C/C=C/CC[C@H](NCCC1CCNCC1)C(=O)N[C@H](C(=O)N1CCC[C@H]1C(=O)NCC)C(C)C. The van der Waals surface area contributed by atoms with Crippen LogP contribution in [0.5, 0.6) is 0 Å². The largest absolute Gasteiger partial charge is 0.355 e. The fourth-order valence-electron chi connectivity index (χ4n) is 4.93. The van der Waals surface area contributed by atoms with Gasteiger partial charge in [0.2, 0.25) is 17.7 Å². The van der Waals surface area contributed by atoms with Crippen LogP contribution in [0, 0.1) is 11.8 Å². The molecule has 0 aromatic rings. The highest BCUT2D eigenvalue weighted by molar-refractivity contribution is 5.93. The van der Waals surface area contributed by atoms with Gasteiger partial charge in [-0.05, 0) is 90.3 Å². The first-order valence-corrected chi connectivity index (χ1v) is 13.3. The molecule has 8 heteroatoms. The molecule has 0 radical (unpaired) electrons. The summed E-state index contributed by atoms with van der Waals surface area (Å²) in [7, 11) is 0. The Hall–Kier alpha value is -1.93. The quantitative estimate of drug-likeness (QED) is 0.304. The van der Waals surface area contributed by atoms with Crippen molar-refractivity contribution in [2.75, 3.05) is 32.7 Å². The molecule has 2 heterocycles. The number of carbonyl (C=O) groups excluding carboxylic acids is 3. The van der Waals surface area contributed by atoms with Crippen molar-refractivity contribution in [3.05, 3.63) is 12.2 Å². The predicted molar refractivity (Wildman–Crippen MR) is 136 cm³/mol. The van der Waals surface area contributed by atoms with Gasteiger partial charge in [0, 0.05) is 13.1 Å². The zero-order chi connectivity index (χ0) is 24.9. The molecule has 2 rings (SSSR count). The van der Waals surface area contributed by atoms with Crippen molar-refractivity contribution < 1.29 is 14.4 Å². The van der Waals surface area contributed by atoms with Crippen LogP contribution in [0.3, 0.4) is 0 Å². The molecule has 3 amide bonds. The molecule has 2 fully saturated rings. The van der Waals surface area contributed by atoms with Gasteiger partial charge in [-0.1, -0.05) is 26.0 Å². The van der Waals surface area contributed by atoms with E-state index < -0.39 is 12.1 Å². The zero-order valence-electron chi connectivity index (χ0n) is 21.7. The van der Waals surface area contributed by atoms with Crippen LogP contribution in [0.1, 0.15) is 72.6 Å². The minimum Gasteiger partial charge on any atom is -0.355 e. The first-order chi connectivity index (χ1) is 16.4. The third kappa shape index (κ3) is 8.69. The summed E-state index contributed by atoms with van der Waals surface area (Å²) in [5.41, 5.74) is 0. The van der Waals surface area contributed by atoms with E-state index in [0.717, 1.165) is 38.9 Å². The number of hydrogen-bond acceptors (Lipinski definition) is 5. The fraction of sp³-hybridized carbons (Fsp3) is 0.808. The van der Waals surface area contributed by atoms with E-state index in [1.54, 1.807) is 4.90 Å². The maximum atomic E-state index is 13.4. The number of carbonyl (C=O) groups is 3. The van der Waals surface area contributed by atoms with E-state index in [-0.39, 0.29) is 29.7 Å². The Morgan fingerprint density at radius 2 is 1.88 bits per heavy atom. The van der Waals surface area contributed by atoms with Crippen molar-refractivity contribution in [2.45, 2.75) is 90.8 Å². The minimum absolute atomic E-state index is 0.0714. The first-order valence-electron chi connectivity index (χ1n) is 13.3. The van der Waals surface area contributed by atoms with Gasteiger partial charge in [-0.3, -0.25) is 14.4 Å². The van der Waals surface area contributed by atoms with Crippen LogP contribution < -0.4 is 21.3 Å². The monoisotopic (exact) mass is 477 g/mol. The van der Waals surface area contributed by atoms with Crippen molar-refractivity contribution in [1.82, 2.24) is 26.2 Å². The highest BCUT2D eigenvalue weighted by atomic mass is 16.2. The maximum Gasteiger partial charge on any atom is 0.246 e. The molecular formula is C26H47N5O3. The number of likely N-dealkylation sites (tertiary alicyclic amines) is 1. The Labute approximate surface area is 206 Å². The third-order valence-electron chi connectivity index (χ3n) is 7.00. The lowest BCUT2D eigenvalue weighted by Crippen LogP contribution is -2.57. The van der Waals surface area contributed by atoms with Crippen molar-refractivity contribution in [3.8, 4) is 0 Å². The van der Waals surface area contributed by atoms with Crippen LogP contribution >= 0.6 is 0 Å². The number of nitrogens with one attached hydrogen (secondary N) is 4. The summed E-state index contributed by atoms with van der Waals surface area (Å²) in [5, 5.41) is 12.7. The molecule has 2 aliphatic heterocycles. The second-order valence-corrected chi connectivity index (χ2v) is 9.95. The van der Waals surface area contributed by atoms with E-state index in [0.29, 0.717) is 31.8 Å².